The Morgan fingerprint density at radius 3 is 2.61 bits per heavy atom. The third-order valence-corrected chi connectivity index (χ3v) is 8.49. The number of aromatic nitrogens is 1. The molecule has 1 aliphatic carbocycles. The van der Waals surface area contributed by atoms with Gasteiger partial charge in [0.1, 0.15) is 5.15 Å². The second kappa shape index (κ2) is 5.38. The SMILES string of the molecule is O=S(=O)(CC(Br)(CBr)c1cccc(Cl)n1)C1CC1. The van der Waals surface area contributed by atoms with E-state index in [1.807, 2.05) is 0 Å². The van der Waals surface area contributed by atoms with Crippen molar-refractivity contribution < 1.29 is 8.42 Å². The summed E-state index contributed by atoms with van der Waals surface area (Å²) in [5, 5.41) is 0.646. The van der Waals surface area contributed by atoms with Gasteiger partial charge in [-0.05, 0) is 25.0 Å². The zero-order valence-electron chi connectivity index (χ0n) is 9.44. The first-order valence-electron chi connectivity index (χ1n) is 5.47. The van der Waals surface area contributed by atoms with Crippen LogP contribution in [0, 0.1) is 0 Å². The van der Waals surface area contributed by atoms with Gasteiger partial charge in [-0.25, -0.2) is 13.4 Å². The Balaban J connectivity index is 2.30. The lowest BCUT2D eigenvalue weighted by atomic mass is 10.1. The first-order valence-corrected chi connectivity index (χ1v) is 9.48. The molecular formula is C11H12Br2ClNO2S. The van der Waals surface area contributed by atoms with Crippen LogP contribution in [0.3, 0.4) is 0 Å². The normalized spacial score (nSPS) is 19.5. The summed E-state index contributed by atoms with van der Waals surface area (Å²) in [6.45, 7) is 0. The van der Waals surface area contributed by atoms with Crippen molar-refractivity contribution in [2.45, 2.75) is 22.4 Å². The van der Waals surface area contributed by atoms with Crippen molar-refractivity contribution in [2.75, 3.05) is 11.1 Å². The predicted octanol–water partition coefficient (Wildman–Crippen LogP) is 3.30. The Kier molecular flexibility index (Phi) is 4.41. The first-order chi connectivity index (χ1) is 8.37. The molecule has 1 heterocycles. The van der Waals surface area contributed by atoms with Crippen molar-refractivity contribution in [1.29, 1.82) is 0 Å². The highest BCUT2D eigenvalue weighted by Crippen LogP contribution is 2.39. The molecule has 1 aliphatic rings. The Morgan fingerprint density at radius 1 is 1.44 bits per heavy atom. The van der Waals surface area contributed by atoms with Gasteiger partial charge in [-0.15, -0.1) is 0 Å². The zero-order chi connectivity index (χ0) is 13.4. The predicted molar refractivity (Wildman–Crippen MR) is 80.5 cm³/mol. The first kappa shape index (κ1) is 14.8. The van der Waals surface area contributed by atoms with E-state index in [1.54, 1.807) is 18.2 Å². The summed E-state index contributed by atoms with van der Waals surface area (Å²) < 4.78 is 23.5. The van der Waals surface area contributed by atoms with E-state index in [2.05, 4.69) is 36.8 Å². The van der Waals surface area contributed by atoms with Crippen LogP contribution < -0.4 is 0 Å². The third kappa shape index (κ3) is 3.26. The molecule has 100 valence electrons. The smallest absolute Gasteiger partial charge is 0.154 e. The topological polar surface area (TPSA) is 47.0 Å². The van der Waals surface area contributed by atoms with Crippen molar-refractivity contribution >= 4 is 53.3 Å². The van der Waals surface area contributed by atoms with Gasteiger partial charge in [0.05, 0.1) is 21.0 Å². The molecule has 1 aromatic rings. The zero-order valence-corrected chi connectivity index (χ0v) is 14.2. The molecule has 1 unspecified atom stereocenters. The number of pyridine rings is 1. The van der Waals surface area contributed by atoms with E-state index < -0.39 is 14.2 Å². The van der Waals surface area contributed by atoms with Gasteiger partial charge in [-0.2, -0.15) is 0 Å². The van der Waals surface area contributed by atoms with Crippen LogP contribution in [0.5, 0.6) is 0 Å². The highest BCUT2D eigenvalue weighted by molar-refractivity contribution is 9.12. The lowest BCUT2D eigenvalue weighted by Gasteiger charge is -2.24. The highest BCUT2D eigenvalue weighted by atomic mass is 79.9. The minimum Gasteiger partial charge on any atom is -0.240 e. The summed E-state index contributed by atoms with van der Waals surface area (Å²) in [5.41, 5.74) is 0.635. The summed E-state index contributed by atoms with van der Waals surface area (Å²) in [7, 11) is -3.08. The summed E-state index contributed by atoms with van der Waals surface area (Å²) in [6.07, 6.45) is 1.55. The minimum absolute atomic E-state index is 0.0310. The minimum atomic E-state index is -3.08. The summed E-state index contributed by atoms with van der Waals surface area (Å²) in [5.74, 6) is 0.0310. The van der Waals surface area contributed by atoms with Crippen molar-refractivity contribution in [3.05, 3.63) is 29.0 Å². The molecule has 0 radical (unpaired) electrons. The van der Waals surface area contributed by atoms with Crippen molar-refractivity contribution in [1.82, 2.24) is 4.98 Å². The Hall–Kier alpha value is 0.350. The molecule has 0 amide bonds. The monoisotopic (exact) mass is 415 g/mol. The number of rotatable bonds is 5. The van der Waals surface area contributed by atoms with Crippen LogP contribution in [0.4, 0.5) is 0 Å². The van der Waals surface area contributed by atoms with Gasteiger partial charge in [0.25, 0.3) is 0 Å². The fourth-order valence-electron chi connectivity index (χ4n) is 1.70. The van der Waals surface area contributed by atoms with E-state index in [0.717, 1.165) is 12.8 Å². The van der Waals surface area contributed by atoms with Crippen LogP contribution in [0.2, 0.25) is 5.15 Å². The Labute approximate surface area is 128 Å². The van der Waals surface area contributed by atoms with Gasteiger partial charge in [-0.1, -0.05) is 49.5 Å². The van der Waals surface area contributed by atoms with Gasteiger partial charge in [0, 0.05) is 5.33 Å². The summed E-state index contributed by atoms with van der Waals surface area (Å²) >= 11 is 12.7. The number of hydrogen-bond donors (Lipinski definition) is 0. The van der Waals surface area contributed by atoms with Crippen LogP contribution in [0.25, 0.3) is 0 Å². The number of halogens is 3. The molecule has 1 saturated carbocycles. The standard InChI is InChI=1S/C11H12Br2ClNO2S/c12-6-11(13,7-18(16,17)8-4-5-8)9-2-1-3-10(14)15-9/h1-3,8H,4-7H2. The van der Waals surface area contributed by atoms with Crippen LogP contribution in [0.1, 0.15) is 18.5 Å². The molecule has 0 saturated heterocycles. The van der Waals surface area contributed by atoms with Gasteiger partial charge in [0.15, 0.2) is 9.84 Å². The van der Waals surface area contributed by atoms with Crippen LogP contribution in [-0.4, -0.2) is 29.7 Å². The fraction of sp³-hybridized carbons (Fsp3) is 0.545. The third-order valence-electron chi connectivity index (χ3n) is 2.85. The number of nitrogens with zero attached hydrogens (tertiary/aromatic N) is 1. The Morgan fingerprint density at radius 2 is 2.11 bits per heavy atom. The van der Waals surface area contributed by atoms with Gasteiger partial charge < -0.3 is 0 Å². The second-order valence-electron chi connectivity index (χ2n) is 4.45. The highest BCUT2D eigenvalue weighted by Gasteiger charge is 2.43. The van der Waals surface area contributed by atoms with E-state index in [0.29, 0.717) is 16.2 Å². The van der Waals surface area contributed by atoms with Crippen LogP contribution in [-0.2, 0) is 14.2 Å². The molecular weight excluding hydrogens is 405 g/mol. The molecule has 3 nitrogen and oxygen atoms in total. The number of sulfone groups is 1. The number of hydrogen-bond acceptors (Lipinski definition) is 3. The molecule has 0 bridgehead atoms. The average molecular weight is 418 g/mol. The molecule has 0 aromatic carbocycles. The van der Waals surface area contributed by atoms with Gasteiger partial charge in [0.2, 0.25) is 0 Å². The van der Waals surface area contributed by atoms with Crippen molar-refractivity contribution in [2.24, 2.45) is 0 Å². The summed E-state index contributed by atoms with van der Waals surface area (Å²) in [4.78, 5) is 4.20. The van der Waals surface area contributed by atoms with Crippen LogP contribution in [0.15, 0.2) is 18.2 Å². The molecule has 1 fully saturated rings. The molecule has 0 aliphatic heterocycles. The van der Waals surface area contributed by atoms with E-state index in [1.165, 1.54) is 0 Å². The maximum absolute atomic E-state index is 12.1. The van der Waals surface area contributed by atoms with E-state index in [4.69, 9.17) is 11.6 Å². The molecule has 0 spiro atoms. The van der Waals surface area contributed by atoms with Gasteiger partial charge in [-0.3, -0.25) is 0 Å². The number of alkyl halides is 2. The average Bonchev–Trinajstić information content (AvgIpc) is 3.12. The summed E-state index contributed by atoms with van der Waals surface area (Å²) in [6, 6.07) is 5.22. The molecule has 2 rings (SSSR count). The van der Waals surface area contributed by atoms with Crippen molar-refractivity contribution in [3.8, 4) is 0 Å². The van der Waals surface area contributed by atoms with Crippen LogP contribution >= 0.6 is 43.5 Å². The molecule has 0 N–H and O–H groups in total. The lowest BCUT2D eigenvalue weighted by Crippen LogP contribution is -2.32. The fourth-order valence-corrected chi connectivity index (χ4v) is 5.77. The molecule has 1 atom stereocenters. The van der Waals surface area contributed by atoms with Crippen molar-refractivity contribution in [3.63, 3.8) is 0 Å². The molecule has 1 aromatic heterocycles. The molecule has 18 heavy (non-hydrogen) atoms. The maximum Gasteiger partial charge on any atom is 0.154 e. The van der Waals surface area contributed by atoms with E-state index in [9.17, 15) is 8.42 Å². The Bertz CT molecular complexity index is 548. The molecule has 7 heteroatoms. The van der Waals surface area contributed by atoms with E-state index >= 15 is 0 Å². The van der Waals surface area contributed by atoms with Gasteiger partial charge >= 0.3 is 0 Å². The van der Waals surface area contributed by atoms with E-state index in [-0.39, 0.29) is 11.0 Å². The maximum atomic E-state index is 12.1. The second-order valence-corrected chi connectivity index (χ2v) is 9.20. The quantitative estimate of drug-likeness (QED) is 0.546. The largest absolute Gasteiger partial charge is 0.240 e. The lowest BCUT2D eigenvalue weighted by molar-refractivity contribution is 0.585.